The van der Waals surface area contributed by atoms with Crippen LogP contribution in [-0.4, -0.2) is 70.6 Å². The van der Waals surface area contributed by atoms with Crippen molar-refractivity contribution in [2.45, 2.75) is 30.3 Å². The Bertz CT molecular complexity index is 1330. The third-order valence-corrected chi connectivity index (χ3v) is 8.61. The monoisotopic (exact) mass is 589 g/mol. The molecule has 0 spiro atoms. The summed E-state index contributed by atoms with van der Waals surface area (Å²) in [7, 11) is -3.86. The fraction of sp³-hybridized carbons (Fsp3) is 0.440. The van der Waals surface area contributed by atoms with Crippen molar-refractivity contribution in [2.24, 2.45) is 0 Å². The molecule has 0 unspecified atom stereocenters. The maximum Gasteiger partial charge on any atom is 0.417 e. The summed E-state index contributed by atoms with van der Waals surface area (Å²) in [6.45, 7) is 1.68. The van der Waals surface area contributed by atoms with E-state index in [1.54, 1.807) is 0 Å². The number of carbonyl (C=O) groups excluding carboxylic acids is 2. The van der Waals surface area contributed by atoms with Gasteiger partial charge >= 0.3 is 12.1 Å². The van der Waals surface area contributed by atoms with Crippen LogP contribution in [0, 0.1) is 0 Å². The Balaban J connectivity index is 1.52. The van der Waals surface area contributed by atoms with E-state index >= 15 is 0 Å². The van der Waals surface area contributed by atoms with E-state index in [-0.39, 0.29) is 16.1 Å². The van der Waals surface area contributed by atoms with Crippen molar-refractivity contribution in [1.29, 1.82) is 0 Å². The van der Waals surface area contributed by atoms with Gasteiger partial charge in [-0.05, 0) is 49.2 Å². The molecule has 1 amide bonds. The van der Waals surface area contributed by atoms with Gasteiger partial charge in [-0.15, -0.1) is 0 Å². The average Bonchev–Trinajstić information content (AvgIpc) is 2.92. The number of alkyl halides is 3. The van der Waals surface area contributed by atoms with Crippen LogP contribution >= 0.6 is 11.6 Å². The Hall–Kier alpha value is -2.87. The van der Waals surface area contributed by atoms with E-state index in [0.717, 1.165) is 25.3 Å². The number of anilines is 2. The van der Waals surface area contributed by atoms with Gasteiger partial charge in [0.05, 0.1) is 39.9 Å². The topological polar surface area (TPSA) is 105 Å². The summed E-state index contributed by atoms with van der Waals surface area (Å²) in [4.78, 5) is 27.3. The molecule has 14 heteroatoms. The van der Waals surface area contributed by atoms with Crippen molar-refractivity contribution >= 4 is 44.9 Å². The zero-order chi connectivity index (χ0) is 28.2. The van der Waals surface area contributed by atoms with Gasteiger partial charge in [0.1, 0.15) is 0 Å². The van der Waals surface area contributed by atoms with Crippen LogP contribution in [-0.2, 0) is 30.5 Å². The lowest BCUT2D eigenvalue weighted by molar-refractivity contribution is -0.137. The van der Waals surface area contributed by atoms with Crippen LogP contribution in [0.3, 0.4) is 0 Å². The highest BCUT2D eigenvalue weighted by Crippen LogP contribution is 2.36. The molecule has 2 aliphatic rings. The van der Waals surface area contributed by atoms with E-state index in [2.05, 4.69) is 5.32 Å². The predicted molar refractivity (Wildman–Crippen MR) is 137 cm³/mol. The maximum absolute atomic E-state index is 13.2. The van der Waals surface area contributed by atoms with Crippen molar-refractivity contribution in [1.82, 2.24) is 4.31 Å². The average molecular weight is 590 g/mol. The molecular formula is C25H27ClF3N3O6S. The van der Waals surface area contributed by atoms with Crippen LogP contribution in [0.1, 0.15) is 35.2 Å². The first-order chi connectivity index (χ1) is 18.5. The summed E-state index contributed by atoms with van der Waals surface area (Å²) < 4.78 is 77.7. The zero-order valence-corrected chi connectivity index (χ0v) is 22.4. The summed E-state index contributed by atoms with van der Waals surface area (Å²) in [5.74, 6) is -1.83. The molecule has 39 heavy (non-hydrogen) atoms. The normalized spacial score (nSPS) is 17.1. The smallest absolute Gasteiger partial charge is 0.417 e. The highest BCUT2D eigenvalue weighted by Gasteiger charge is 2.34. The molecule has 2 heterocycles. The van der Waals surface area contributed by atoms with Gasteiger partial charge in [-0.1, -0.05) is 18.0 Å². The molecule has 0 atom stereocenters. The number of amides is 1. The molecule has 9 nitrogen and oxygen atoms in total. The SMILES string of the molecule is O=C(COC(=O)c1cc(S(=O)(=O)N2CCCCC2)ccc1N1CCOCC1)Nc1ccc(Cl)c(C(F)(F)F)c1. The van der Waals surface area contributed by atoms with Crippen LogP contribution in [0.2, 0.25) is 5.02 Å². The van der Waals surface area contributed by atoms with E-state index in [4.69, 9.17) is 21.1 Å². The standard InChI is InChI=1S/C25H27ClF3N3O6S/c26-21-6-4-17(14-20(21)25(27,28)29)30-23(33)16-38-24(34)19-15-18(39(35,36)32-8-2-1-3-9-32)5-7-22(19)31-10-12-37-13-11-31/h4-7,14-15H,1-3,8-13,16H2,(H,30,33). The first-order valence-electron chi connectivity index (χ1n) is 12.3. The van der Waals surface area contributed by atoms with E-state index in [0.29, 0.717) is 51.1 Å². The number of hydrogen-bond acceptors (Lipinski definition) is 7. The van der Waals surface area contributed by atoms with E-state index in [9.17, 15) is 31.2 Å². The Labute approximate surface area is 228 Å². The number of carbonyl (C=O) groups is 2. The highest BCUT2D eigenvalue weighted by molar-refractivity contribution is 7.89. The summed E-state index contributed by atoms with van der Waals surface area (Å²) in [6, 6.07) is 7.07. The van der Waals surface area contributed by atoms with Crippen molar-refractivity contribution in [3.05, 3.63) is 52.5 Å². The van der Waals surface area contributed by atoms with Crippen LogP contribution in [0.15, 0.2) is 41.3 Å². The fourth-order valence-corrected chi connectivity index (χ4v) is 6.17. The van der Waals surface area contributed by atoms with Crippen LogP contribution in [0.4, 0.5) is 24.5 Å². The molecule has 0 aliphatic carbocycles. The Morgan fingerprint density at radius 2 is 1.69 bits per heavy atom. The fourth-order valence-electron chi connectivity index (χ4n) is 4.40. The van der Waals surface area contributed by atoms with Gasteiger partial charge in [0.25, 0.3) is 5.91 Å². The third kappa shape index (κ3) is 7.02. The van der Waals surface area contributed by atoms with Gasteiger partial charge < -0.3 is 19.7 Å². The second-order valence-electron chi connectivity index (χ2n) is 9.06. The molecule has 1 N–H and O–H groups in total. The Kier molecular flexibility index (Phi) is 9.04. The summed E-state index contributed by atoms with van der Waals surface area (Å²) >= 11 is 5.60. The molecular weight excluding hydrogens is 563 g/mol. The number of piperidine rings is 1. The van der Waals surface area contributed by atoms with Gasteiger partial charge in [-0.25, -0.2) is 13.2 Å². The third-order valence-electron chi connectivity index (χ3n) is 6.38. The Morgan fingerprint density at radius 3 is 2.36 bits per heavy atom. The molecule has 4 rings (SSSR count). The number of morpholine rings is 1. The minimum absolute atomic E-state index is 0.0476. The number of hydrogen-bond donors (Lipinski definition) is 1. The number of esters is 1. The van der Waals surface area contributed by atoms with Gasteiger partial charge in [0, 0.05) is 31.9 Å². The lowest BCUT2D eigenvalue weighted by Gasteiger charge is -2.31. The van der Waals surface area contributed by atoms with Crippen LogP contribution < -0.4 is 10.2 Å². The molecule has 0 radical (unpaired) electrons. The summed E-state index contributed by atoms with van der Waals surface area (Å²) in [5, 5.41) is 1.71. The van der Waals surface area contributed by atoms with E-state index < -0.39 is 45.3 Å². The largest absolute Gasteiger partial charge is 0.452 e. The quantitative estimate of drug-likeness (QED) is 0.484. The lowest BCUT2D eigenvalue weighted by atomic mass is 10.1. The number of nitrogens with zero attached hydrogens (tertiary/aromatic N) is 2. The van der Waals surface area contributed by atoms with E-state index in [1.807, 2.05) is 4.90 Å². The molecule has 0 aromatic heterocycles. The zero-order valence-electron chi connectivity index (χ0n) is 20.8. The van der Waals surface area contributed by atoms with Gasteiger partial charge in [0.2, 0.25) is 10.0 Å². The number of benzene rings is 2. The molecule has 0 saturated carbocycles. The van der Waals surface area contributed by atoms with Gasteiger partial charge in [-0.2, -0.15) is 17.5 Å². The minimum Gasteiger partial charge on any atom is -0.452 e. The van der Waals surface area contributed by atoms with Crippen molar-refractivity contribution in [3.8, 4) is 0 Å². The summed E-state index contributed by atoms with van der Waals surface area (Å²) in [5.41, 5.74) is -0.931. The molecule has 2 saturated heterocycles. The summed E-state index contributed by atoms with van der Waals surface area (Å²) in [6.07, 6.45) is -2.30. The van der Waals surface area contributed by atoms with Crippen molar-refractivity contribution < 1.29 is 40.7 Å². The van der Waals surface area contributed by atoms with Gasteiger partial charge in [-0.3, -0.25) is 4.79 Å². The molecule has 212 valence electrons. The lowest BCUT2D eigenvalue weighted by Crippen LogP contribution is -2.38. The maximum atomic E-state index is 13.2. The highest BCUT2D eigenvalue weighted by atomic mass is 35.5. The molecule has 2 fully saturated rings. The predicted octanol–water partition coefficient (Wildman–Crippen LogP) is 4.17. The van der Waals surface area contributed by atoms with Crippen molar-refractivity contribution in [3.63, 3.8) is 0 Å². The first kappa shape index (κ1) is 29.1. The van der Waals surface area contributed by atoms with Gasteiger partial charge in [0.15, 0.2) is 6.61 Å². The number of ether oxygens (including phenoxy) is 2. The number of halogens is 4. The van der Waals surface area contributed by atoms with Crippen molar-refractivity contribution in [2.75, 3.05) is 56.2 Å². The molecule has 2 aromatic rings. The number of sulfonamides is 1. The number of rotatable bonds is 7. The minimum atomic E-state index is -4.72. The van der Waals surface area contributed by atoms with E-state index in [1.165, 1.54) is 28.6 Å². The Morgan fingerprint density at radius 1 is 1.00 bits per heavy atom. The van der Waals surface area contributed by atoms with Crippen LogP contribution in [0.5, 0.6) is 0 Å². The second-order valence-corrected chi connectivity index (χ2v) is 11.4. The molecule has 2 aromatic carbocycles. The first-order valence-corrected chi connectivity index (χ1v) is 14.1. The molecule has 2 aliphatic heterocycles. The number of nitrogens with one attached hydrogen (secondary N) is 1. The second kappa shape index (κ2) is 12.1. The molecule has 0 bridgehead atoms. The van der Waals surface area contributed by atoms with Crippen LogP contribution in [0.25, 0.3) is 0 Å².